The molecule has 3 aromatic carbocycles. The first kappa shape index (κ1) is 26.7. The van der Waals surface area contributed by atoms with Crippen LogP contribution in [-0.4, -0.2) is 32.6 Å². The molecule has 0 spiro atoms. The lowest BCUT2D eigenvalue weighted by Crippen LogP contribution is -2.41. The normalized spacial score (nSPS) is 16.5. The van der Waals surface area contributed by atoms with Crippen molar-refractivity contribution in [2.24, 2.45) is 0 Å². The monoisotopic (exact) mass is 532 g/mol. The number of anilines is 2. The fourth-order valence-electron chi connectivity index (χ4n) is 3.59. The van der Waals surface area contributed by atoms with Crippen LogP contribution in [0.5, 0.6) is 0 Å². The highest BCUT2D eigenvalue weighted by Crippen LogP contribution is 2.37. The number of carbonyl (C=O) groups is 1. The molecular formula is C25H24BF3N2O5S. The lowest BCUT2D eigenvalue weighted by atomic mass is 9.78. The molecule has 2 N–H and O–H groups in total. The summed E-state index contributed by atoms with van der Waals surface area (Å²) < 4.78 is 82.1. The van der Waals surface area contributed by atoms with Crippen LogP contribution in [0.15, 0.2) is 65.6 Å². The summed E-state index contributed by atoms with van der Waals surface area (Å²) in [5.41, 5.74) is -1.14. The number of hydrogen-bond donors (Lipinski definition) is 2. The Morgan fingerprint density at radius 3 is 2.11 bits per heavy atom. The number of nitrogens with one attached hydrogen (secondary N) is 2. The molecule has 3 aromatic rings. The standard InChI is InChI=1S/C25H24BF3N2O5S/c1-24(2)25(3,4)36-26(35-24)17-7-5-6-8-21(17)31-37(33,34)22-13-15(9-11-19(22)28)23(32)30-16-10-12-18(27)20(29)14-16/h5-14,31H,1-4H3,(H,30,32). The maximum Gasteiger partial charge on any atom is 0.496 e. The first-order valence-electron chi connectivity index (χ1n) is 11.2. The molecule has 0 aliphatic carbocycles. The van der Waals surface area contributed by atoms with Gasteiger partial charge < -0.3 is 14.6 Å². The quantitative estimate of drug-likeness (QED) is 0.458. The zero-order valence-corrected chi connectivity index (χ0v) is 21.3. The number of sulfonamides is 1. The maximum atomic E-state index is 14.7. The second-order valence-corrected chi connectivity index (χ2v) is 11.2. The minimum absolute atomic E-state index is 0.0629. The molecule has 1 heterocycles. The molecule has 12 heteroatoms. The van der Waals surface area contributed by atoms with Crippen LogP contribution >= 0.6 is 0 Å². The van der Waals surface area contributed by atoms with Crippen molar-refractivity contribution in [3.63, 3.8) is 0 Å². The summed E-state index contributed by atoms with van der Waals surface area (Å²) >= 11 is 0. The summed E-state index contributed by atoms with van der Waals surface area (Å²) in [6, 6.07) is 11.9. The van der Waals surface area contributed by atoms with Gasteiger partial charge >= 0.3 is 7.12 Å². The Bertz CT molecular complexity index is 1460. The van der Waals surface area contributed by atoms with Crippen molar-refractivity contribution >= 4 is 39.9 Å². The number of carbonyl (C=O) groups excluding carboxylic acids is 1. The Morgan fingerprint density at radius 2 is 1.46 bits per heavy atom. The molecule has 1 aliphatic heterocycles. The molecule has 4 rings (SSSR count). The highest BCUT2D eigenvalue weighted by Gasteiger charge is 2.52. The van der Waals surface area contributed by atoms with E-state index in [1.165, 1.54) is 6.07 Å². The molecule has 0 aromatic heterocycles. The molecule has 0 saturated carbocycles. The Hall–Kier alpha value is -3.35. The molecule has 0 bridgehead atoms. The third-order valence-corrected chi connectivity index (χ3v) is 7.75. The number of benzene rings is 3. The maximum absolute atomic E-state index is 14.7. The van der Waals surface area contributed by atoms with Crippen LogP contribution in [0, 0.1) is 17.5 Å². The van der Waals surface area contributed by atoms with E-state index in [0.717, 1.165) is 36.4 Å². The highest BCUT2D eigenvalue weighted by molar-refractivity contribution is 7.92. The summed E-state index contributed by atoms with van der Waals surface area (Å²) in [5.74, 6) is -4.21. The van der Waals surface area contributed by atoms with Crippen LogP contribution in [0.4, 0.5) is 24.5 Å². The number of halogens is 3. The van der Waals surface area contributed by atoms with Crippen molar-refractivity contribution in [3.05, 3.63) is 83.7 Å². The molecule has 0 radical (unpaired) electrons. The fraction of sp³-hybridized carbons (Fsp3) is 0.240. The number of para-hydroxylation sites is 1. The van der Waals surface area contributed by atoms with E-state index < -0.39 is 56.6 Å². The van der Waals surface area contributed by atoms with E-state index in [2.05, 4.69) is 10.0 Å². The van der Waals surface area contributed by atoms with Crippen molar-refractivity contribution in [2.45, 2.75) is 43.8 Å². The summed E-state index contributed by atoms with van der Waals surface area (Å²) in [5, 5.41) is 2.32. The fourth-order valence-corrected chi connectivity index (χ4v) is 4.79. The van der Waals surface area contributed by atoms with E-state index in [4.69, 9.17) is 9.31 Å². The van der Waals surface area contributed by atoms with E-state index in [1.54, 1.807) is 18.2 Å². The van der Waals surface area contributed by atoms with Crippen LogP contribution in [0.3, 0.4) is 0 Å². The van der Waals surface area contributed by atoms with Gasteiger partial charge in [-0.3, -0.25) is 9.52 Å². The summed E-state index contributed by atoms with van der Waals surface area (Å²) in [6.07, 6.45) is 0. The Morgan fingerprint density at radius 1 is 0.838 bits per heavy atom. The SMILES string of the molecule is CC1(C)OB(c2ccccc2NS(=O)(=O)c2cc(C(=O)Nc3ccc(F)c(F)c3)ccc2F)OC1(C)C. The van der Waals surface area contributed by atoms with Gasteiger partial charge in [-0.1, -0.05) is 18.2 Å². The zero-order chi connectivity index (χ0) is 27.2. The smallest absolute Gasteiger partial charge is 0.399 e. The second kappa shape index (κ2) is 9.51. The number of hydrogen-bond acceptors (Lipinski definition) is 5. The largest absolute Gasteiger partial charge is 0.496 e. The topological polar surface area (TPSA) is 93.7 Å². The van der Waals surface area contributed by atoms with Gasteiger partial charge in [-0.15, -0.1) is 0 Å². The zero-order valence-electron chi connectivity index (χ0n) is 20.4. The highest BCUT2D eigenvalue weighted by atomic mass is 32.2. The average molecular weight is 532 g/mol. The van der Waals surface area contributed by atoms with Crippen LogP contribution in [0.2, 0.25) is 0 Å². The van der Waals surface area contributed by atoms with Gasteiger partial charge in [0.1, 0.15) is 10.7 Å². The van der Waals surface area contributed by atoms with Crippen molar-refractivity contribution in [1.82, 2.24) is 0 Å². The molecule has 7 nitrogen and oxygen atoms in total. The average Bonchev–Trinajstić information content (AvgIpc) is 3.03. The minimum atomic E-state index is -4.52. The van der Waals surface area contributed by atoms with Crippen LogP contribution in [0.25, 0.3) is 0 Å². The van der Waals surface area contributed by atoms with E-state index in [0.29, 0.717) is 5.46 Å². The summed E-state index contributed by atoms with van der Waals surface area (Å²) in [4.78, 5) is 11.8. The van der Waals surface area contributed by atoms with Gasteiger partial charge in [0, 0.05) is 28.5 Å². The van der Waals surface area contributed by atoms with Crippen molar-refractivity contribution in [3.8, 4) is 0 Å². The first-order chi connectivity index (χ1) is 17.2. The van der Waals surface area contributed by atoms with Gasteiger partial charge in [-0.2, -0.15) is 0 Å². The van der Waals surface area contributed by atoms with Gasteiger partial charge in [0.2, 0.25) is 0 Å². The molecule has 0 atom stereocenters. The lowest BCUT2D eigenvalue weighted by Gasteiger charge is -2.32. The van der Waals surface area contributed by atoms with Crippen LogP contribution < -0.4 is 15.5 Å². The predicted octanol–water partition coefficient (Wildman–Crippen LogP) is 4.46. The van der Waals surface area contributed by atoms with Crippen molar-refractivity contribution in [2.75, 3.05) is 10.0 Å². The Balaban J connectivity index is 1.61. The minimum Gasteiger partial charge on any atom is -0.399 e. The van der Waals surface area contributed by atoms with E-state index in [-0.39, 0.29) is 16.9 Å². The van der Waals surface area contributed by atoms with Gasteiger partial charge in [-0.25, -0.2) is 21.6 Å². The second-order valence-electron chi connectivity index (χ2n) is 9.51. The predicted molar refractivity (Wildman–Crippen MR) is 134 cm³/mol. The van der Waals surface area contributed by atoms with Gasteiger partial charge in [0.05, 0.1) is 11.2 Å². The molecular weight excluding hydrogens is 508 g/mol. The third kappa shape index (κ3) is 5.36. The van der Waals surface area contributed by atoms with Crippen molar-refractivity contribution in [1.29, 1.82) is 0 Å². The Labute approximate surface area is 213 Å². The van der Waals surface area contributed by atoms with Gasteiger partial charge in [-0.05, 0) is 64.1 Å². The van der Waals surface area contributed by atoms with Gasteiger partial charge in [0.25, 0.3) is 15.9 Å². The molecule has 1 fully saturated rings. The van der Waals surface area contributed by atoms with Crippen molar-refractivity contribution < 1.29 is 35.7 Å². The molecule has 194 valence electrons. The molecule has 0 unspecified atom stereocenters. The van der Waals surface area contributed by atoms with E-state index in [1.807, 2.05) is 27.7 Å². The van der Waals surface area contributed by atoms with Crippen LogP contribution in [0.1, 0.15) is 38.1 Å². The molecule has 1 aliphatic rings. The number of amides is 1. The summed E-state index contributed by atoms with van der Waals surface area (Å²) in [7, 11) is -5.41. The Kier molecular flexibility index (Phi) is 6.87. The molecule has 37 heavy (non-hydrogen) atoms. The lowest BCUT2D eigenvalue weighted by molar-refractivity contribution is 0.00578. The van der Waals surface area contributed by atoms with Crippen LogP contribution in [-0.2, 0) is 19.3 Å². The summed E-state index contributed by atoms with van der Waals surface area (Å²) in [6.45, 7) is 7.41. The molecule has 1 saturated heterocycles. The third-order valence-electron chi connectivity index (χ3n) is 6.37. The van der Waals surface area contributed by atoms with E-state index >= 15 is 0 Å². The first-order valence-corrected chi connectivity index (χ1v) is 12.7. The van der Waals surface area contributed by atoms with E-state index in [9.17, 15) is 26.4 Å². The van der Waals surface area contributed by atoms with Gasteiger partial charge in [0.15, 0.2) is 11.6 Å². The number of rotatable bonds is 6. The molecule has 1 amide bonds.